The highest BCUT2D eigenvalue weighted by molar-refractivity contribution is 5.94. The molecule has 6 nitrogen and oxygen atoms in total. The van der Waals surface area contributed by atoms with Gasteiger partial charge in [0.05, 0.1) is 5.56 Å². The predicted octanol–water partition coefficient (Wildman–Crippen LogP) is 4.45. The molecule has 1 atom stereocenters. The lowest BCUT2D eigenvalue weighted by Gasteiger charge is -2.40. The third kappa shape index (κ3) is 7.09. The molecule has 1 unspecified atom stereocenters. The predicted molar refractivity (Wildman–Crippen MR) is 132 cm³/mol. The third-order valence-corrected chi connectivity index (χ3v) is 5.94. The largest absolute Gasteiger partial charge is 0.478 e. The number of rotatable bonds is 8. The van der Waals surface area contributed by atoms with Crippen molar-refractivity contribution in [1.29, 1.82) is 0 Å². The number of hydrogen-bond donors (Lipinski definition) is 2. The molecule has 0 aliphatic carbocycles. The molecule has 0 saturated carbocycles. The van der Waals surface area contributed by atoms with E-state index in [0.717, 1.165) is 44.2 Å². The van der Waals surface area contributed by atoms with Crippen LogP contribution < -0.4 is 5.32 Å². The molecule has 6 heteroatoms. The summed E-state index contributed by atoms with van der Waals surface area (Å²) in [6.45, 7) is 11.5. The van der Waals surface area contributed by atoms with Crippen LogP contribution in [0.3, 0.4) is 0 Å². The second-order valence-electron chi connectivity index (χ2n) is 8.95. The average Bonchev–Trinajstić information content (AvgIpc) is 2.79. The summed E-state index contributed by atoms with van der Waals surface area (Å²) in [5.74, 6) is 0.647. The Morgan fingerprint density at radius 2 is 1.66 bits per heavy atom. The van der Waals surface area contributed by atoms with Gasteiger partial charge < -0.3 is 15.3 Å². The number of anilines is 1. The van der Waals surface area contributed by atoms with Gasteiger partial charge in [0.25, 0.3) is 0 Å². The van der Waals surface area contributed by atoms with Crippen LogP contribution in [0.4, 0.5) is 5.69 Å². The van der Waals surface area contributed by atoms with Crippen molar-refractivity contribution in [2.24, 2.45) is 10.9 Å². The van der Waals surface area contributed by atoms with Crippen LogP contribution in [-0.2, 0) is 6.42 Å². The van der Waals surface area contributed by atoms with E-state index in [0.29, 0.717) is 18.5 Å². The highest BCUT2D eigenvalue weighted by Gasteiger charge is 2.23. The summed E-state index contributed by atoms with van der Waals surface area (Å²) in [5.41, 5.74) is 2.41. The van der Waals surface area contributed by atoms with E-state index in [-0.39, 0.29) is 5.56 Å². The van der Waals surface area contributed by atoms with E-state index in [4.69, 9.17) is 10.1 Å². The molecule has 32 heavy (non-hydrogen) atoms. The highest BCUT2D eigenvalue weighted by Crippen LogP contribution is 2.16. The first-order valence-corrected chi connectivity index (χ1v) is 11.6. The van der Waals surface area contributed by atoms with E-state index >= 15 is 0 Å². The summed E-state index contributed by atoms with van der Waals surface area (Å²) in [5, 5.41) is 12.6. The number of piperazine rings is 1. The lowest BCUT2D eigenvalue weighted by Crippen LogP contribution is -2.53. The fourth-order valence-corrected chi connectivity index (χ4v) is 4.19. The molecule has 1 aliphatic heterocycles. The summed E-state index contributed by atoms with van der Waals surface area (Å²) in [6, 6.07) is 17.8. The lowest BCUT2D eigenvalue weighted by atomic mass is 10.0. The van der Waals surface area contributed by atoms with Gasteiger partial charge in [0.1, 0.15) is 0 Å². The molecular weight excluding hydrogens is 400 g/mol. The topological polar surface area (TPSA) is 68.2 Å². The van der Waals surface area contributed by atoms with Crippen molar-refractivity contribution in [2.45, 2.75) is 39.7 Å². The molecule has 2 aromatic carbocycles. The summed E-state index contributed by atoms with van der Waals surface area (Å²) in [7, 11) is 0. The van der Waals surface area contributed by atoms with E-state index < -0.39 is 5.97 Å². The minimum Gasteiger partial charge on any atom is -0.478 e. The van der Waals surface area contributed by atoms with Gasteiger partial charge in [-0.15, -0.1) is 0 Å². The smallest absolute Gasteiger partial charge is 0.335 e. The SMILES string of the molecule is CC(C)CC(C)N1CCN(C(=NCCc2ccccc2)Nc2ccc(C(=O)O)cc2)CC1. The second-order valence-corrected chi connectivity index (χ2v) is 8.95. The molecule has 1 aliphatic rings. The van der Waals surface area contributed by atoms with Gasteiger partial charge in [0.2, 0.25) is 0 Å². The molecule has 0 amide bonds. The molecule has 1 heterocycles. The van der Waals surface area contributed by atoms with Gasteiger partial charge in [-0.25, -0.2) is 4.79 Å². The lowest BCUT2D eigenvalue weighted by molar-refractivity contribution is 0.0697. The third-order valence-electron chi connectivity index (χ3n) is 5.94. The van der Waals surface area contributed by atoms with Crippen LogP contribution in [0.5, 0.6) is 0 Å². The van der Waals surface area contributed by atoms with E-state index in [9.17, 15) is 4.79 Å². The summed E-state index contributed by atoms with van der Waals surface area (Å²) >= 11 is 0. The van der Waals surface area contributed by atoms with Crippen LogP contribution >= 0.6 is 0 Å². The van der Waals surface area contributed by atoms with Crippen molar-refractivity contribution in [3.63, 3.8) is 0 Å². The number of guanidine groups is 1. The van der Waals surface area contributed by atoms with E-state index in [1.165, 1.54) is 12.0 Å². The maximum absolute atomic E-state index is 11.2. The van der Waals surface area contributed by atoms with Crippen LogP contribution in [-0.4, -0.2) is 65.6 Å². The fourth-order valence-electron chi connectivity index (χ4n) is 4.19. The number of nitrogens with zero attached hydrogens (tertiary/aromatic N) is 3. The Bertz CT molecular complexity index is 872. The Hall–Kier alpha value is -2.86. The van der Waals surface area contributed by atoms with Crippen molar-refractivity contribution in [1.82, 2.24) is 9.80 Å². The number of benzene rings is 2. The quantitative estimate of drug-likeness (QED) is 0.473. The summed E-state index contributed by atoms with van der Waals surface area (Å²) in [6.07, 6.45) is 2.10. The van der Waals surface area contributed by atoms with Crippen molar-refractivity contribution >= 4 is 17.6 Å². The summed E-state index contributed by atoms with van der Waals surface area (Å²) < 4.78 is 0. The van der Waals surface area contributed by atoms with Crippen LogP contribution in [0.1, 0.15) is 43.1 Å². The molecule has 1 fully saturated rings. The molecule has 1 saturated heterocycles. The molecular formula is C26H36N4O2. The van der Waals surface area contributed by atoms with Gasteiger partial charge in [0.15, 0.2) is 5.96 Å². The van der Waals surface area contributed by atoms with Crippen molar-refractivity contribution in [2.75, 3.05) is 38.0 Å². The van der Waals surface area contributed by atoms with Crippen LogP contribution in [0.15, 0.2) is 59.6 Å². The monoisotopic (exact) mass is 436 g/mol. The van der Waals surface area contributed by atoms with Crippen molar-refractivity contribution in [3.8, 4) is 0 Å². The van der Waals surface area contributed by atoms with E-state index in [2.05, 4.69) is 60.2 Å². The van der Waals surface area contributed by atoms with Gasteiger partial charge in [-0.3, -0.25) is 9.89 Å². The minimum absolute atomic E-state index is 0.283. The van der Waals surface area contributed by atoms with Gasteiger partial charge in [-0.2, -0.15) is 0 Å². The Labute approximate surface area is 192 Å². The Balaban J connectivity index is 1.67. The van der Waals surface area contributed by atoms with Crippen LogP contribution in [0.25, 0.3) is 0 Å². The zero-order chi connectivity index (χ0) is 22.9. The maximum atomic E-state index is 11.2. The molecule has 2 aromatic rings. The summed E-state index contributed by atoms with van der Waals surface area (Å²) in [4.78, 5) is 20.9. The van der Waals surface area contributed by atoms with Crippen LogP contribution in [0.2, 0.25) is 0 Å². The average molecular weight is 437 g/mol. The standard InChI is InChI=1S/C26H36N4O2/c1-20(2)19-21(3)29-15-17-30(18-16-29)26(27-14-13-22-7-5-4-6-8-22)28-24-11-9-23(10-12-24)25(31)32/h4-12,20-21H,13-19H2,1-3H3,(H,27,28)(H,31,32). The van der Waals surface area contributed by atoms with Gasteiger partial charge in [-0.05, 0) is 55.5 Å². The number of carboxylic acids is 1. The van der Waals surface area contributed by atoms with Crippen molar-refractivity contribution in [3.05, 3.63) is 65.7 Å². The molecule has 0 spiro atoms. The van der Waals surface area contributed by atoms with Gasteiger partial charge in [0, 0.05) is 44.5 Å². The van der Waals surface area contributed by atoms with Crippen LogP contribution in [0, 0.1) is 5.92 Å². The number of carboxylic acid groups (broad SMARTS) is 1. The molecule has 2 N–H and O–H groups in total. The van der Waals surface area contributed by atoms with E-state index in [1.54, 1.807) is 24.3 Å². The number of hydrogen-bond acceptors (Lipinski definition) is 3. The number of aliphatic imine (C=N–C) groups is 1. The normalized spacial score (nSPS) is 16.2. The zero-order valence-corrected chi connectivity index (χ0v) is 19.5. The second kappa shape index (κ2) is 11.7. The zero-order valence-electron chi connectivity index (χ0n) is 19.5. The highest BCUT2D eigenvalue weighted by atomic mass is 16.4. The number of carbonyl (C=O) groups is 1. The minimum atomic E-state index is -0.917. The van der Waals surface area contributed by atoms with E-state index in [1.807, 2.05) is 6.07 Å². The Morgan fingerprint density at radius 1 is 1.00 bits per heavy atom. The van der Waals surface area contributed by atoms with Gasteiger partial charge in [-0.1, -0.05) is 44.2 Å². The molecule has 3 rings (SSSR count). The van der Waals surface area contributed by atoms with Crippen molar-refractivity contribution < 1.29 is 9.90 Å². The maximum Gasteiger partial charge on any atom is 0.335 e. The first-order chi connectivity index (χ1) is 15.4. The first kappa shape index (κ1) is 23.8. The first-order valence-electron chi connectivity index (χ1n) is 11.6. The number of nitrogens with one attached hydrogen (secondary N) is 1. The fraction of sp³-hybridized carbons (Fsp3) is 0.462. The molecule has 0 bridgehead atoms. The molecule has 0 radical (unpaired) electrons. The Kier molecular flexibility index (Phi) is 8.68. The van der Waals surface area contributed by atoms with Gasteiger partial charge >= 0.3 is 5.97 Å². The molecule has 172 valence electrons. The molecule has 0 aromatic heterocycles. The Morgan fingerprint density at radius 3 is 2.25 bits per heavy atom. The number of aromatic carboxylic acids is 1.